The molecule has 1 fully saturated rings. The third-order valence-electron chi connectivity index (χ3n) is 1.09. The maximum absolute atomic E-state index is 11.8. The fourth-order valence-corrected chi connectivity index (χ4v) is 5.04. The Labute approximate surface area is 88.1 Å². The first-order valence-electron chi connectivity index (χ1n) is 3.41. The summed E-state index contributed by atoms with van der Waals surface area (Å²) in [7, 11) is -2.62. The molecule has 1 aliphatic rings. The second kappa shape index (κ2) is 6.16. The van der Waals surface area contributed by atoms with Crippen molar-refractivity contribution >= 4 is 39.3 Å². The Hall–Kier alpha value is 0.498. The SMILES string of the molecule is FC(F)(F)CC[Si]1O[Si]O[Si]O[Si]O1. The third-order valence-corrected chi connectivity index (χ3v) is 5.57. The quantitative estimate of drug-likeness (QED) is 0.669. The van der Waals surface area contributed by atoms with Crippen molar-refractivity contribution < 1.29 is 29.6 Å². The van der Waals surface area contributed by atoms with Crippen LogP contribution in [-0.4, -0.2) is 45.5 Å². The van der Waals surface area contributed by atoms with Gasteiger partial charge in [0.15, 0.2) is 0 Å². The maximum atomic E-state index is 11.8. The molecule has 4 nitrogen and oxygen atoms in total. The van der Waals surface area contributed by atoms with Crippen molar-refractivity contribution in [1.82, 2.24) is 0 Å². The lowest BCUT2D eigenvalue weighted by atomic mass is 10.5. The summed E-state index contributed by atoms with van der Waals surface area (Å²) in [5, 5.41) is 0. The monoisotopic (exact) mass is 273 g/mol. The summed E-state index contributed by atoms with van der Waals surface area (Å²) >= 11 is 0. The number of hydrogen-bond acceptors (Lipinski definition) is 4. The van der Waals surface area contributed by atoms with Gasteiger partial charge in [-0.25, -0.2) is 0 Å². The fourth-order valence-electron chi connectivity index (χ4n) is 0.556. The minimum absolute atomic E-state index is 0.135. The second-order valence-electron chi connectivity index (χ2n) is 2.15. The predicted molar refractivity (Wildman–Crippen MR) is 42.8 cm³/mol. The summed E-state index contributed by atoms with van der Waals surface area (Å²) in [5.74, 6) is 0. The zero-order valence-electron chi connectivity index (χ0n) is 6.68. The standard InChI is InChI=1S/C3H4F3O4Si4/c4-3(5,6)1-2-14-9-12-7-11-8-13-10-14/h1-2H2. The molecular formula is C3H4F3O4Si4. The summed E-state index contributed by atoms with van der Waals surface area (Å²) in [6, 6.07) is -0.135. The molecule has 0 atom stereocenters. The van der Waals surface area contributed by atoms with E-state index >= 15 is 0 Å². The predicted octanol–water partition coefficient (Wildman–Crippen LogP) is 0.110. The molecule has 0 aromatic carbocycles. The minimum atomic E-state index is -4.16. The van der Waals surface area contributed by atoms with Gasteiger partial charge in [-0.15, -0.1) is 0 Å². The van der Waals surface area contributed by atoms with E-state index in [2.05, 4.69) is 0 Å². The van der Waals surface area contributed by atoms with Gasteiger partial charge in [-0.2, -0.15) is 13.2 Å². The van der Waals surface area contributed by atoms with Crippen LogP contribution in [0.3, 0.4) is 0 Å². The van der Waals surface area contributed by atoms with Gasteiger partial charge in [-0.05, 0) is 6.04 Å². The van der Waals surface area contributed by atoms with Crippen LogP contribution >= 0.6 is 0 Å². The molecule has 77 valence electrons. The van der Waals surface area contributed by atoms with Crippen LogP contribution in [0.5, 0.6) is 0 Å². The maximum Gasteiger partial charge on any atom is 0.412 e. The van der Waals surface area contributed by atoms with Gasteiger partial charge in [0, 0.05) is 6.42 Å². The zero-order chi connectivity index (χ0) is 10.4. The van der Waals surface area contributed by atoms with Crippen LogP contribution < -0.4 is 0 Å². The largest absolute Gasteiger partial charge is 0.413 e. The Bertz CT molecular complexity index is 160. The van der Waals surface area contributed by atoms with E-state index in [1.54, 1.807) is 0 Å². The van der Waals surface area contributed by atoms with Crippen LogP contribution in [0.4, 0.5) is 13.2 Å². The van der Waals surface area contributed by atoms with E-state index in [0.29, 0.717) is 0 Å². The third kappa shape index (κ3) is 6.07. The van der Waals surface area contributed by atoms with E-state index in [9.17, 15) is 13.2 Å². The van der Waals surface area contributed by atoms with Crippen LogP contribution in [0.1, 0.15) is 6.42 Å². The summed E-state index contributed by atoms with van der Waals surface area (Å²) in [6.45, 7) is 0. The van der Waals surface area contributed by atoms with Crippen molar-refractivity contribution in [2.24, 2.45) is 0 Å². The lowest BCUT2D eigenvalue weighted by molar-refractivity contribution is -0.131. The van der Waals surface area contributed by atoms with Crippen molar-refractivity contribution in [2.45, 2.75) is 18.6 Å². The van der Waals surface area contributed by atoms with E-state index in [-0.39, 0.29) is 36.1 Å². The molecule has 0 bridgehead atoms. The van der Waals surface area contributed by atoms with Crippen LogP contribution in [0, 0.1) is 0 Å². The van der Waals surface area contributed by atoms with Crippen LogP contribution in [-0.2, 0) is 16.5 Å². The molecule has 0 aliphatic carbocycles. The highest BCUT2D eigenvalue weighted by Gasteiger charge is 2.31. The number of alkyl halides is 3. The molecule has 1 rings (SSSR count). The Morgan fingerprint density at radius 3 is 2.07 bits per heavy atom. The molecule has 1 saturated heterocycles. The van der Waals surface area contributed by atoms with E-state index in [4.69, 9.17) is 16.5 Å². The molecule has 0 spiro atoms. The van der Waals surface area contributed by atoms with Crippen molar-refractivity contribution in [3.63, 3.8) is 0 Å². The molecule has 14 heavy (non-hydrogen) atoms. The molecule has 0 N–H and O–H groups in total. The average Bonchev–Trinajstić information content (AvgIpc) is 2.00. The van der Waals surface area contributed by atoms with Gasteiger partial charge < -0.3 is 16.5 Å². The van der Waals surface area contributed by atoms with Crippen molar-refractivity contribution in [2.75, 3.05) is 0 Å². The summed E-state index contributed by atoms with van der Waals surface area (Å²) in [4.78, 5) is 0. The Kier molecular flexibility index (Phi) is 5.53. The highest BCUT2D eigenvalue weighted by atomic mass is 28.4. The molecule has 0 saturated carbocycles. The zero-order valence-corrected chi connectivity index (χ0v) is 10.7. The molecular weight excluding hydrogens is 269 g/mol. The first kappa shape index (κ1) is 12.6. The Morgan fingerprint density at radius 2 is 1.57 bits per heavy atom. The fraction of sp³-hybridized carbons (Fsp3) is 1.00. The molecule has 1 aliphatic heterocycles. The molecule has 7 radical (unpaired) electrons. The normalized spacial score (nSPS) is 21.6. The molecule has 1 heterocycles. The molecule has 0 unspecified atom stereocenters. The van der Waals surface area contributed by atoms with Gasteiger partial charge in [0.25, 0.3) is 0 Å². The highest BCUT2D eigenvalue weighted by Crippen LogP contribution is 2.23. The van der Waals surface area contributed by atoms with Crippen LogP contribution in [0.2, 0.25) is 6.04 Å². The summed E-state index contributed by atoms with van der Waals surface area (Å²) < 4.78 is 55.2. The lowest BCUT2D eigenvalue weighted by Gasteiger charge is -2.16. The molecule has 0 aromatic heterocycles. The van der Waals surface area contributed by atoms with Gasteiger partial charge in [0.2, 0.25) is 0 Å². The van der Waals surface area contributed by atoms with Gasteiger partial charge in [-0.3, -0.25) is 0 Å². The smallest absolute Gasteiger partial charge is 0.412 e. The van der Waals surface area contributed by atoms with E-state index < -0.39 is 21.9 Å². The molecule has 0 aromatic rings. The first-order chi connectivity index (χ1) is 6.58. The van der Waals surface area contributed by atoms with Crippen LogP contribution in [0.25, 0.3) is 0 Å². The van der Waals surface area contributed by atoms with E-state index in [1.165, 1.54) is 0 Å². The van der Waals surface area contributed by atoms with Gasteiger partial charge in [-0.1, -0.05) is 0 Å². The van der Waals surface area contributed by atoms with E-state index in [1.807, 2.05) is 0 Å². The van der Waals surface area contributed by atoms with Crippen molar-refractivity contribution in [1.29, 1.82) is 0 Å². The number of hydrogen-bond donors (Lipinski definition) is 0. The van der Waals surface area contributed by atoms with Gasteiger partial charge in [0.1, 0.15) is 0 Å². The first-order valence-corrected chi connectivity index (χ1v) is 7.38. The Balaban J connectivity index is 2.20. The van der Waals surface area contributed by atoms with Crippen molar-refractivity contribution in [3.05, 3.63) is 0 Å². The summed E-state index contributed by atoms with van der Waals surface area (Å²) in [5.41, 5.74) is 0. The second-order valence-corrected chi connectivity index (χ2v) is 7.16. The Morgan fingerprint density at radius 1 is 1.00 bits per heavy atom. The van der Waals surface area contributed by atoms with E-state index in [0.717, 1.165) is 0 Å². The number of halogens is 3. The van der Waals surface area contributed by atoms with Crippen LogP contribution in [0.15, 0.2) is 0 Å². The topological polar surface area (TPSA) is 36.9 Å². The van der Waals surface area contributed by atoms with Gasteiger partial charge >= 0.3 is 45.5 Å². The van der Waals surface area contributed by atoms with Gasteiger partial charge in [0.05, 0.1) is 0 Å². The average molecular weight is 273 g/mol. The number of rotatable bonds is 2. The van der Waals surface area contributed by atoms with Crippen molar-refractivity contribution in [3.8, 4) is 0 Å². The molecule has 0 amide bonds. The minimum Gasteiger partial charge on any atom is -0.413 e. The lowest BCUT2D eigenvalue weighted by Crippen LogP contribution is -2.34. The molecule has 11 heteroatoms. The highest BCUT2D eigenvalue weighted by molar-refractivity contribution is 6.59. The summed E-state index contributed by atoms with van der Waals surface area (Å²) in [6.07, 6.45) is -5.05.